The first-order valence-electron chi connectivity index (χ1n) is 4.41. The summed E-state index contributed by atoms with van der Waals surface area (Å²) in [5.41, 5.74) is 1.39. The third-order valence-corrected chi connectivity index (χ3v) is 1.38. The topological polar surface area (TPSA) is 157 Å². The van der Waals surface area contributed by atoms with Crippen LogP contribution in [0.15, 0.2) is 5.10 Å². The quantitative estimate of drug-likeness (QED) is 0.414. The molecule has 0 heterocycles. The molecule has 98 valence electrons. The summed E-state index contributed by atoms with van der Waals surface area (Å²) in [6.45, 7) is 1.70. The van der Waals surface area contributed by atoms with Crippen LogP contribution in [0.3, 0.4) is 0 Å². The number of nitrogens with one attached hydrogen (secondary N) is 1. The fraction of sp³-hybridized carbons (Fsp3) is 0.500. The molecule has 0 aromatic rings. The van der Waals surface area contributed by atoms with Crippen molar-refractivity contribution >= 4 is 23.7 Å². The van der Waals surface area contributed by atoms with Gasteiger partial charge in [0.2, 0.25) is 0 Å². The molecule has 0 saturated carbocycles. The van der Waals surface area contributed by atoms with E-state index < -0.39 is 23.7 Å². The summed E-state index contributed by atoms with van der Waals surface area (Å²) in [6.07, 6.45) is -1.55. The largest absolute Gasteiger partial charge is 0.481 e. The minimum atomic E-state index is -1.39. The second-order valence-corrected chi connectivity index (χ2v) is 2.59. The Morgan fingerprint density at radius 2 is 1.82 bits per heavy atom. The Balaban J connectivity index is 0. The van der Waals surface area contributed by atoms with Gasteiger partial charge in [0.15, 0.2) is 0 Å². The van der Waals surface area contributed by atoms with Gasteiger partial charge in [0.25, 0.3) is 0 Å². The number of carboxylic acids is 2. The highest BCUT2D eigenvalue weighted by Crippen LogP contribution is 1.94. The lowest BCUT2D eigenvalue weighted by atomic mass is 10.2. The number of ether oxygens (including phenoxy) is 1. The van der Waals surface area contributed by atoms with Gasteiger partial charge in [0.1, 0.15) is 5.71 Å². The summed E-state index contributed by atoms with van der Waals surface area (Å²) in [4.78, 5) is 31.5. The van der Waals surface area contributed by atoms with Crippen molar-refractivity contribution in [2.24, 2.45) is 5.10 Å². The molecule has 0 radical (unpaired) electrons. The number of aliphatic carboxylic acids is 2. The molecule has 17 heavy (non-hydrogen) atoms. The molecular formula is C8H14N2O7. The third-order valence-electron chi connectivity index (χ3n) is 1.38. The SMILES string of the molecule is CCOC(=O)N/N=C(\CCC(=O)O)C(=O)O.O. The number of carbonyl (C=O) groups is 3. The van der Waals surface area contributed by atoms with E-state index >= 15 is 0 Å². The second kappa shape index (κ2) is 9.09. The minimum absolute atomic E-state index is 0. The smallest absolute Gasteiger partial charge is 0.427 e. The number of rotatable bonds is 6. The summed E-state index contributed by atoms with van der Waals surface area (Å²) in [7, 11) is 0. The number of hydrazone groups is 1. The number of nitrogens with zero attached hydrogens (tertiary/aromatic N) is 1. The predicted molar refractivity (Wildman–Crippen MR) is 55.7 cm³/mol. The van der Waals surface area contributed by atoms with Crippen LogP contribution in [0, 0.1) is 0 Å². The lowest BCUT2D eigenvalue weighted by molar-refractivity contribution is -0.136. The molecule has 0 spiro atoms. The average Bonchev–Trinajstić information content (AvgIpc) is 2.17. The maximum Gasteiger partial charge on any atom is 0.427 e. The molecule has 0 aliphatic heterocycles. The highest BCUT2D eigenvalue weighted by Gasteiger charge is 2.12. The zero-order chi connectivity index (χ0) is 12.6. The fourth-order valence-electron chi connectivity index (χ4n) is 0.712. The Morgan fingerprint density at radius 3 is 2.24 bits per heavy atom. The van der Waals surface area contributed by atoms with Crippen molar-refractivity contribution in [3.05, 3.63) is 0 Å². The number of carbonyl (C=O) groups excluding carboxylic acids is 1. The van der Waals surface area contributed by atoms with Gasteiger partial charge in [0.05, 0.1) is 13.0 Å². The summed E-state index contributed by atoms with van der Waals surface area (Å²) >= 11 is 0. The fourth-order valence-corrected chi connectivity index (χ4v) is 0.712. The van der Waals surface area contributed by atoms with Gasteiger partial charge in [-0.05, 0) is 6.92 Å². The zero-order valence-electron chi connectivity index (χ0n) is 9.10. The van der Waals surface area contributed by atoms with Gasteiger partial charge in [-0.2, -0.15) is 5.10 Å². The van der Waals surface area contributed by atoms with Gasteiger partial charge in [-0.3, -0.25) is 4.79 Å². The lowest BCUT2D eigenvalue weighted by Crippen LogP contribution is -2.24. The van der Waals surface area contributed by atoms with Gasteiger partial charge < -0.3 is 20.4 Å². The minimum Gasteiger partial charge on any atom is -0.481 e. The van der Waals surface area contributed by atoms with Crippen LogP contribution in [0.25, 0.3) is 0 Å². The van der Waals surface area contributed by atoms with E-state index in [4.69, 9.17) is 10.2 Å². The summed E-state index contributed by atoms with van der Waals surface area (Å²) in [5, 5.41) is 20.2. The Hall–Kier alpha value is -2.16. The number of amides is 1. The Morgan fingerprint density at radius 1 is 1.24 bits per heavy atom. The van der Waals surface area contributed by atoms with Crippen molar-refractivity contribution in [3.8, 4) is 0 Å². The molecule has 0 aliphatic rings. The molecule has 0 aromatic carbocycles. The van der Waals surface area contributed by atoms with Gasteiger partial charge in [-0.1, -0.05) is 0 Å². The van der Waals surface area contributed by atoms with E-state index in [0.29, 0.717) is 0 Å². The van der Waals surface area contributed by atoms with Crippen LogP contribution in [0.4, 0.5) is 4.79 Å². The molecule has 0 bridgehead atoms. The van der Waals surface area contributed by atoms with Crippen LogP contribution in [0.5, 0.6) is 0 Å². The molecule has 9 nitrogen and oxygen atoms in total. The first-order valence-corrected chi connectivity index (χ1v) is 4.41. The summed E-state index contributed by atoms with van der Waals surface area (Å²) < 4.78 is 4.43. The summed E-state index contributed by atoms with van der Waals surface area (Å²) in [5.74, 6) is -2.54. The van der Waals surface area contributed by atoms with E-state index in [1.54, 1.807) is 6.92 Å². The van der Waals surface area contributed by atoms with Crippen molar-refractivity contribution < 1.29 is 34.8 Å². The number of hydrogen-bond acceptors (Lipinski definition) is 5. The molecule has 0 aromatic heterocycles. The van der Waals surface area contributed by atoms with Crippen molar-refractivity contribution in [1.29, 1.82) is 0 Å². The molecule has 0 aliphatic carbocycles. The van der Waals surface area contributed by atoms with E-state index in [2.05, 4.69) is 9.84 Å². The van der Waals surface area contributed by atoms with E-state index in [1.807, 2.05) is 5.43 Å². The van der Waals surface area contributed by atoms with E-state index in [0.717, 1.165) is 0 Å². The zero-order valence-corrected chi connectivity index (χ0v) is 9.10. The van der Waals surface area contributed by atoms with Gasteiger partial charge >= 0.3 is 18.0 Å². The standard InChI is InChI=1S/C8H12N2O6.H2O/c1-2-16-8(15)10-9-5(7(13)14)3-4-6(11)12;/h2-4H2,1H3,(H,10,15)(H,11,12)(H,13,14);1H2/b9-5+;. The molecule has 0 saturated heterocycles. The van der Waals surface area contributed by atoms with Crippen LogP contribution in [0.2, 0.25) is 0 Å². The first kappa shape index (κ1) is 17.2. The van der Waals surface area contributed by atoms with Crippen LogP contribution in [-0.2, 0) is 14.3 Å². The van der Waals surface area contributed by atoms with Crippen LogP contribution < -0.4 is 5.43 Å². The molecule has 1 amide bonds. The first-order chi connectivity index (χ1) is 7.47. The van der Waals surface area contributed by atoms with Crippen molar-refractivity contribution in [2.75, 3.05) is 6.61 Å². The average molecular weight is 250 g/mol. The summed E-state index contributed by atoms with van der Waals surface area (Å²) in [6, 6.07) is 0. The lowest BCUT2D eigenvalue weighted by Gasteiger charge is -2.01. The third kappa shape index (κ3) is 8.81. The van der Waals surface area contributed by atoms with Gasteiger partial charge in [-0.15, -0.1) is 0 Å². The Kier molecular flexibility index (Phi) is 9.22. The maximum absolute atomic E-state index is 10.8. The number of hydrogen-bond donors (Lipinski definition) is 3. The monoisotopic (exact) mass is 250 g/mol. The highest BCUT2D eigenvalue weighted by molar-refractivity contribution is 6.35. The Labute approximate surface area is 96.4 Å². The van der Waals surface area contributed by atoms with Crippen LogP contribution in [0.1, 0.15) is 19.8 Å². The van der Waals surface area contributed by atoms with Gasteiger partial charge in [0, 0.05) is 6.42 Å². The molecule has 0 atom stereocenters. The van der Waals surface area contributed by atoms with Crippen LogP contribution >= 0.6 is 0 Å². The van der Waals surface area contributed by atoms with Crippen molar-refractivity contribution in [1.82, 2.24) is 5.43 Å². The van der Waals surface area contributed by atoms with Crippen LogP contribution in [-0.4, -0.2) is 46.0 Å². The molecule has 0 rings (SSSR count). The number of carboxylic acid groups (broad SMARTS) is 2. The van der Waals surface area contributed by atoms with E-state index in [9.17, 15) is 14.4 Å². The van der Waals surface area contributed by atoms with E-state index in [1.165, 1.54) is 0 Å². The molecule has 9 heteroatoms. The predicted octanol–water partition coefficient (Wildman–Crippen LogP) is -0.787. The Bertz CT molecular complexity index is 313. The normalized spacial score (nSPS) is 10.1. The van der Waals surface area contributed by atoms with E-state index in [-0.39, 0.29) is 24.9 Å². The second-order valence-electron chi connectivity index (χ2n) is 2.59. The molecular weight excluding hydrogens is 236 g/mol. The molecule has 5 N–H and O–H groups in total. The van der Waals surface area contributed by atoms with Crippen molar-refractivity contribution in [2.45, 2.75) is 19.8 Å². The molecule has 0 unspecified atom stereocenters. The highest BCUT2D eigenvalue weighted by atomic mass is 16.5. The maximum atomic E-state index is 10.8. The van der Waals surface area contributed by atoms with Crippen molar-refractivity contribution in [3.63, 3.8) is 0 Å². The molecule has 0 fully saturated rings. The van der Waals surface area contributed by atoms with Gasteiger partial charge in [-0.25, -0.2) is 15.0 Å².